The van der Waals surface area contributed by atoms with Crippen molar-refractivity contribution in [1.82, 2.24) is 0 Å². The monoisotopic (exact) mass is 548 g/mol. The summed E-state index contributed by atoms with van der Waals surface area (Å²) < 4.78 is 13.5. The van der Waals surface area contributed by atoms with E-state index in [1.807, 2.05) is 0 Å². The average Bonchev–Trinajstić information content (AvgIpc) is 3.11. The van der Waals surface area contributed by atoms with Gasteiger partial charge in [-0.15, -0.1) is 0 Å². The number of aliphatic hydroxyl groups excluding tert-OH is 1. The third kappa shape index (κ3) is 6.94. The summed E-state index contributed by atoms with van der Waals surface area (Å²) in [4.78, 5) is 0. The Morgan fingerprint density at radius 3 is 2.11 bits per heavy atom. The summed E-state index contributed by atoms with van der Waals surface area (Å²) >= 11 is 0. The van der Waals surface area contributed by atoms with E-state index in [-0.39, 0.29) is 17.1 Å². The molecule has 0 radical (unpaired) electrons. The van der Waals surface area contributed by atoms with Gasteiger partial charge in [0.05, 0.1) is 18.1 Å². The zero-order valence-corrected chi connectivity index (χ0v) is 28.8. The van der Waals surface area contributed by atoms with Gasteiger partial charge in [0, 0.05) is 6.42 Å². The third-order valence-corrected chi connectivity index (χ3v) is 21.7. The Morgan fingerprint density at radius 1 is 1.08 bits per heavy atom. The van der Waals surface area contributed by atoms with Crippen LogP contribution in [-0.4, -0.2) is 34.2 Å². The van der Waals surface area contributed by atoms with Crippen LogP contribution >= 0.6 is 0 Å². The number of aryl methyl sites for hydroxylation is 1. The summed E-state index contributed by atoms with van der Waals surface area (Å²) in [6.45, 7) is 33.4. The number of allylic oxidation sites excluding steroid dienone is 1. The van der Waals surface area contributed by atoms with Crippen molar-refractivity contribution >= 4 is 21.8 Å². The first kappa shape index (κ1) is 32.6. The normalized spacial score (nSPS) is 24.5. The molecule has 0 amide bonds. The van der Waals surface area contributed by atoms with E-state index >= 15 is 0 Å². The van der Waals surface area contributed by atoms with E-state index in [4.69, 9.17) is 8.84 Å². The lowest BCUT2D eigenvalue weighted by Gasteiger charge is -2.42. The first-order chi connectivity index (χ1) is 16.9. The molecule has 1 saturated carbocycles. The SMILES string of the molecule is CC(=CCO[Si](C(C)C)(C(C)C)C(C)C)[C@@H]1C[C@@H](C)C[C@@H](O)[C@H]1Cc1cc(C)c([Si](C)(C)C(C)(C)C)o1. The molecule has 1 N–H and O–H groups in total. The quantitative estimate of drug-likeness (QED) is 0.234. The number of hydrogen-bond donors (Lipinski definition) is 1. The molecule has 37 heavy (non-hydrogen) atoms. The smallest absolute Gasteiger partial charge is 0.200 e. The highest BCUT2D eigenvalue weighted by Crippen LogP contribution is 2.43. The van der Waals surface area contributed by atoms with Crippen molar-refractivity contribution in [2.45, 2.75) is 143 Å². The van der Waals surface area contributed by atoms with Gasteiger partial charge in [-0.1, -0.05) is 94.0 Å². The highest BCUT2D eigenvalue weighted by molar-refractivity contribution is 6.91. The van der Waals surface area contributed by atoms with Crippen molar-refractivity contribution in [2.24, 2.45) is 17.8 Å². The topological polar surface area (TPSA) is 42.6 Å². The Kier molecular flexibility index (Phi) is 10.8. The number of hydrogen-bond acceptors (Lipinski definition) is 3. The molecule has 3 nitrogen and oxygen atoms in total. The van der Waals surface area contributed by atoms with Crippen LogP contribution in [0.3, 0.4) is 0 Å². The number of furan rings is 1. The van der Waals surface area contributed by atoms with Gasteiger partial charge in [0.25, 0.3) is 0 Å². The van der Waals surface area contributed by atoms with Crippen LogP contribution in [0.4, 0.5) is 0 Å². The van der Waals surface area contributed by atoms with Crippen LogP contribution in [0, 0.1) is 24.7 Å². The van der Waals surface area contributed by atoms with Crippen molar-refractivity contribution < 1.29 is 13.9 Å². The molecule has 1 aliphatic rings. The predicted molar refractivity (Wildman–Crippen MR) is 166 cm³/mol. The molecule has 1 aromatic rings. The molecule has 0 saturated heterocycles. The highest BCUT2D eigenvalue weighted by Gasteiger charge is 2.45. The first-order valence-electron chi connectivity index (χ1n) is 14.9. The summed E-state index contributed by atoms with van der Waals surface area (Å²) in [7, 11) is -3.65. The van der Waals surface area contributed by atoms with Crippen LogP contribution in [0.5, 0.6) is 0 Å². The van der Waals surface area contributed by atoms with E-state index in [1.165, 1.54) is 16.5 Å². The molecule has 1 aliphatic carbocycles. The van der Waals surface area contributed by atoms with Crippen molar-refractivity contribution in [3.05, 3.63) is 29.0 Å². The molecule has 2 rings (SSSR count). The van der Waals surface area contributed by atoms with E-state index in [0.717, 1.165) is 25.0 Å². The van der Waals surface area contributed by atoms with Crippen molar-refractivity contribution in [3.63, 3.8) is 0 Å². The molecular formula is C32H60O3Si2. The molecule has 4 atom stereocenters. The van der Waals surface area contributed by atoms with E-state index in [0.29, 0.717) is 35.1 Å². The first-order valence-corrected chi connectivity index (χ1v) is 20.1. The molecule has 0 aliphatic heterocycles. The maximum atomic E-state index is 11.3. The molecule has 0 spiro atoms. The zero-order chi connectivity index (χ0) is 28.5. The Bertz CT molecular complexity index is 882. The summed E-state index contributed by atoms with van der Waals surface area (Å²) in [5, 5.41) is 12.7. The third-order valence-electron chi connectivity index (χ3n) is 10.2. The Labute approximate surface area is 232 Å². The summed E-state index contributed by atoms with van der Waals surface area (Å²) in [5.74, 6) is 2.12. The van der Waals surface area contributed by atoms with Crippen molar-refractivity contribution in [3.8, 4) is 0 Å². The van der Waals surface area contributed by atoms with E-state index < -0.39 is 16.4 Å². The molecule has 1 fully saturated rings. The fourth-order valence-electron chi connectivity index (χ4n) is 7.17. The van der Waals surface area contributed by atoms with E-state index in [1.54, 1.807) is 0 Å². The lowest BCUT2D eigenvalue weighted by Crippen LogP contribution is -2.49. The molecule has 0 unspecified atom stereocenters. The van der Waals surface area contributed by atoms with Crippen LogP contribution < -0.4 is 5.38 Å². The minimum absolute atomic E-state index is 0.188. The standard InChI is InChI=1S/C32H60O3Si2/c1-21(2)37(22(3)4,23(5)6)34-16-15-25(8)28-17-24(7)18-30(33)29(28)20-27-19-26(9)31(35-27)36(13,14)32(10,11)12/h15,19,21-24,28-30,33H,16-18,20H2,1-14H3/t24-,28+,29+,30-/m1/s1. The molecular weight excluding hydrogens is 489 g/mol. The second-order valence-electron chi connectivity index (χ2n) is 14.8. The largest absolute Gasteiger partial charge is 0.471 e. The fraction of sp³-hybridized carbons (Fsp3) is 0.812. The Hall–Kier alpha value is -0.626. The molecule has 1 heterocycles. The predicted octanol–water partition coefficient (Wildman–Crippen LogP) is 9.01. The second kappa shape index (κ2) is 12.3. The van der Waals surface area contributed by atoms with Gasteiger partial charge in [0.2, 0.25) is 8.32 Å². The maximum Gasteiger partial charge on any atom is 0.200 e. The highest BCUT2D eigenvalue weighted by atomic mass is 28.4. The van der Waals surface area contributed by atoms with Crippen LogP contribution in [-0.2, 0) is 10.8 Å². The Balaban J connectivity index is 2.30. The summed E-state index contributed by atoms with van der Waals surface area (Å²) in [6.07, 6.45) is 4.85. The van der Waals surface area contributed by atoms with Gasteiger partial charge >= 0.3 is 0 Å². The zero-order valence-electron chi connectivity index (χ0n) is 26.8. The van der Waals surface area contributed by atoms with E-state index in [2.05, 4.69) is 108 Å². The number of rotatable bonds is 10. The van der Waals surface area contributed by atoms with Gasteiger partial charge in [-0.05, 0) is 77.7 Å². The molecule has 214 valence electrons. The maximum absolute atomic E-state index is 11.3. The van der Waals surface area contributed by atoms with Gasteiger partial charge in [0.15, 0.2) is 0 Å². The van der Waals surface area contributed by atoms with Crippen LogP contribution in [0.25, 0.3) is 0 Å². The summed E-state index contributed by atoms with van der Waals surface area (Å²) in [6, 6.07) is 2.26. The average molecular weight is 549 g/mol. The molecule has 5 heteroatoms. The molecule has 0 bridgehead atoms. The summed E-state index contributed by atoms with van der Waals surface area (Å²) in [5.41, 5.74) is 4.42. The Morgan fingerprint density at radius 2 is 1.62 bits per heavy atom. The van der Waals surface area contributed by atoms with Crippen LogP contribution in [0.2, 0.25) is 34.8 Å². The van der Waals surface area contributed by atoms with Gasteiger partial charge in [0.1, 0.15) is 13.8 Å². The van der Waals surface area contributed by atoms with E-state index in [9.17, 15) is 5.11 Å². The van der Waals surface area contributed by atoms with Crippen molar-refractivity contribution in [2.75, 3.05) is 6.61 Å². The van der Waals surface area contributed by atoms with Gasteiger partial charge in [-0.2, -0.15) is 0 Å². The van der Waals surface area contributed by atoms with Crippen LogP contribution in [0.1, 0.15) is 100 Å². The lowest BCUT2D eigenvalue weighted by atomic mass is 9.68. The van der Waals surface area contributed by atoms with Crippen LogP contribution in [0.15, 0.2) is 22.1 Å². The number of aliphatic hydroxyl groups is 1. The molecule has 0 aromatic carbocycles. The van der Waals surface area contributed by atoms with Gasteiger partial charge in [-0.3, -0.25) is 0 Å². The minimum atomic E-state index is -1.89. The minimum Gasteiger partial charge on any atom is -0.471 e. The van der Waals surface area contributed by atoms with Crippen molar-refractivity contribution in [1.29, 1.82) is 0 Å². The second-order valence-corrected chi connectivity index (χ2v) is 25.5. The lowest BCUT2D eigenvalue weighted by molar-refractivity contribution is 0.0195. The molecule has 1 aromatic heterocycles. The fourth-order valence-corrected chi connectivity index (χ4v) is 14.7. The van der Waals surface area contributed by atoms with Gasteiger partial charge in [-0.25, -0.2) is 0 Å². The van der Waals surface area contributed by atoms with Gasteiger partial charge < -0.3 is 13.9 Å².